The van der Waals surface area contributed by atoms with E-state index in [2.05, 4.69) is 10.6 Å². The Labute approximate surface area is 108 Å². The first-order valence-electron chi connectivity index (χ1n) is 6.31. The highest BCUT2D eigenvalue weighted by Gasteiger charge is 2.03. The first-order chi connectivity index (χ1) is 8.67. The summed E-state index contributed by atoms with van der Waals surface area (Å²) in [7, 11) is 0. The normalized spacial score (nSPS) is 9.89. The van der Waals surface area contributed by atoms with Crippen LogP contribution in [-0.4, -0.2) is 24.8 Å². The van der Waals surface area contributed by atoms with Crippen LogP contribution < -0.4 is 10.6 Å². The summed E-state index contributed by atoms with van der Waals surface area (Å²) in [5.74, 6) is 0.104. The van der Waals surface area contributed by atoms with Gasteiger partial charge < -0.3 is 10.6 Å². The molecule has 0 aliphatic heterocycles. The Morgan fingerprint density at radius 2 is 1.78 bits per heavy atom. The van der Waals surface area contributed by atoms with Gasteiger partial charge in [-0.15, -0.1) is 0 Å². The van der Waals surface area contributed by atoms with Crippen LogP contribution in [0, 0.1) is 0 Å². The molecular weight excluding hydrogens is 228 g/mol. The van der Waals surface area contributed by atoms with Gasteiger partial charge in [0.1, 0.15) is 0 Å². The van der Waals surface area contributed by atoms with Crippen molar-refractivity contribution in [2.24, 2.45) is 0 Å². The third-order valence-corrected chi connectivity index (χ3v) is 2.55. The molecule has 4 nitrogen and oxygen atoms in total. The summed E-state index contributed by atoms with van der Waals surface area (Å²) in [5, 5.41) is 5.80. The predicted molar refractivity (Wildman–Crippen MR) is 72.9 cm³/mol. The number of amides is 1. The van der Waals surface area contributed by atoms with Gasteiger partial charge in [0, 0.05) is 24.2 Å². The maximum absolute atomic E-state index is 11.4. The molecule has 0 saturated heterocycles. The molecule has 0 aliphatic rings. The second-order valence-electron chi connectivity index (χ2n) is 4.06. The maximum Gasteiger partial charge on any atom is 0.239 e. The van der Waals surface area contributed by atoms with E-state index < -0.39 is 0 Å². The minimum Gasteiger partial charge on any atom is -0.376 e. The van der Waals surface area contributed by atoms with Gasteiger partial charge in [-0.05, 0) is 30.7 Å². The van der Waals surface area contributed by atoms with E-state index in [-0.39, 0.29) is 18.2 Å². The topological polar surface area (TPSA) is 58.2 Å². The molecule has 1 rings (SSSR count). The monoisotopic (exact) mass is 248 g/mol. The molecule has 0 spiro atoms. The molecule has 0 bridgehead atoms. The molecule has 0 fully saturated rings. The van der Waals surface area contributed by atoms with Gasteiger partial charge in [0.25, 0.3) is 0 Å². The number of hydrogen-bond donors (Lipinski definition) is 2. The van der Waals surface area contributed by atoms with Crippen molar-refractivity contribution in [3.63, 3.8) is 0 Å². The zero-order valence-corrected chi connectivity index (χ0v) is 11.0. The Bertz CT molecular complexity index is 399. The van der Waals surface area contributed by atoms with Gasteiger partial charge >= 0.3 is 0 Å². The molecule has 4 heteroatoms. The van der Waals surface area contributed by atoms with Gasteiger partial charge in [0.2, 0.25) is 5.91 Å². The molecule has 0 aliphatic carbocycles. The quantitative estimate of drug-likeness (QED) is 0.727. The molecule has 98 valence electrons. The van der Waals surface area contributed by atoms with Crippen LogP contribution in [0.4, 0.5) is 5.69 Å². The number of carbonyl (C=O) groups is 2. The molecule has 0 radical (unpaired) electrons. The minimum absolute atomic E-state index is 0.0226. The van der Waals surface area contributed by atoms with Crippen molar-refractivity contribution < 1.29 is 9.59 Å². The molecule has 0 heterocycles. The fourth-order valence-electron chi connectivity index (χ4n) is 1.49. The van der Waals surface area contributed by atoms with E-state index in [1.807, 2.05) is 26.0 Å². The summed E-state index contributed by atoms with van der Waals surface area (Å²) in [6.45, 7) is 4.80. The summed E-state index contributed by atoms with van der Waals surface area (Å²) < 4.78 is 0. The molecule has 1 aromatic carbocycles. The van der Waals surface area contributed by atoms with Crippen LogP contribution in [0.2, 0.25) is 0 Å². The number of benzene rings is 1. The number of carbonyl (C=O) groups excluding carboxylic acids is 2. The number of Topliss-reactive ketones (excluding diaryl/α,β-unsaturated/α-hetero) is 1. The fraction of sp³-hybridized carbons (Fsp3) is 0.429. The highest BCUT2D eigenvalue weighted by Crippen LogP contribution is 2.10. The van der Waals surface area contributed by atoms with Crippen molar-refractivity contribution in [3.8, 4) is 0 Å². The predicted octanol–water partition coefficient (Wildman–Crippen LogP) is 2.22. The number of anilines is 1. The van der Waals surface area contributed by atoms with Gasteiger partial charge in [0.05, 0.1) is 6.54 Å². The van der Waals surface area contributed by atoms with Crippen LogP contribution in [0.5, 0.6) is 0 Å². The van der Waals surface area contributed by atoms with Crippen molar-refractivity contribution in [3.05, 3.63) is 29.8 Å². The standard InChI is InChI=1S/C14H20N2O2/c1-3-9-15-14(18)10-16-12-7-5-11(6-8-12)13(17)4-2/h5-8,16H,3-4,9-10H2,1-2H3,(H,15,18). The van der Waals surface area contributed by atoms with Gasteiger partial charge in [0.15, 0.2) is 5.78 Å². The first kappa shape index (κ1) is 14.2. The minimum atomic E-state index is -0.0226. The second-order valence-corrected chi connectivity index (χ2v) is 4.06. The van der Waals surface area contributed by atoms with Crippen LogP contribution in [0.1, 0.15) is 37.0 Å². The Hall–Kier alpha value is -1.84. The van der Waals surface area contributed by atoms with Crippen molar-refractivity contribution in [2.75, 3.05) is 18.4 Å². The van der Waals surface area contributed by atoms with E-state index in [1.165, 1.54) is 0 Å². The van der Waals surface area contributed by atoms with Crippen LogP contribution in [-0.2, 0) is 4.79 Å². The van der Waals surface area contributed by atoms with Crippen LogP contribution in [0.15, 0.2) is 24.3 Å². The van der Waals surface area contributed by atoms with Crippen molar-refractivity contribution in [2.45, 2.75) is 26.7 Å². The first-order valence-corrected chi connectivity index (χ1v) is 6.31. The highest BCUT2D eigenvalue weighted by atomic mass is 16.1. The van der Waals surface area contributed by atoms with Crippen LogP contribution >= 0.6 is 0 Å². The van der Waals surface area contributed by atoms with E-state index in [0.717, 1.165) is 12.1 Å². The molecule has 0 atom stereocenters. The lowest BCUT2D eigenvalue weighted by Gasteiger charge is -2.07. The van der Waals surface area contributed by atoms with Gasteiger partial charge in [-0.25, -0.2) is 0 Å². The average molecular weight is 248 g/mol. The number of rotatable bonds is 7. The Kier molecular flexibility index (Phi) is 5.91. The zero-order valence-electron chi connectivity index (χ0n) is 11.0. The number of hydrogen-bond acceptors (Lipinski definition) is 3. The lowest BCUT2D eigenvalue weighted by atomic mass is 10.1. The third kappa shape index (κ3) is 4.57. The smallest absolute Gasteiger partial charge is 0.239 e. The van der Waals surface area contributed by atoms with E-state index in [9.17, 15) is 9.59 Å². The molecular formula is C14H20N2O2. The van der Waals surface area contributed by atoms with Gasteiger partial charge in [-0.2, -0.15) is 0 Å². The lowest BCUT2D eigenvalue weighted by molar-refractivity contribution is -0.119. The molecule has 0 aromatic heterocycles. The summed E-state index contributed by atoms with van der Waals surface area (Å²) in [6, 6.07) is 7.18. The molecule has 1 amide bonds. The highest BCUT2D eigenvalue weighted by molar-refractivity contribution is 5.96. The Morgan fingerprint density at radius 1 is 1.11 bits per heavy atom. The molecule has 0 unspecified atom stereocenters. The zero-order chi connectivity index (χ0) is 13.4. The molecule has 2 N–H and O–H groups in total. The molecule has 0 saturated carbocycles. The van der Waals surface area contributed by atoms with Crippen molar-refractivity contribution >= 4 is 17.4 Å². The fourth-order valence-corrected chi connectivity index (χ4v) is 1.49. The lowest BCUT2D eigenvalue weighted by Crippen LogP contribution is -2.30. The van der Waals surface area contributed by atoms with Crippen LogP contribution in [0.3, 0.4) is 0 Å². The maximum atomic E-state index is 11.4. The average Bonchev–Trinajstić information content (AvgIpc) is 2.42. The number of ketones is 1. The summed E-state index contributed by atoms with van der Waals surface area (Å²) in [5.41, 5.74) is 1.55. The van der Waals surface area contributed by atoms with E-state index in [1.54, 1.807) is 12.1 Å². The van der Waals surface area contributed by atoms with Crippen molar-refractivity contribution in [1.29, 1.82) is 0 Å². The van der Waals surface area contributed by atoms with E-state index >= 15 is 0 Å². The number of nitrogens with one attached hydrogen (secondary N) is 2. The SMILES string of the molecule is CCCNC(=O)CNc1ccc(C(=O)CC)cc1. The van der Waals surface area contributed by atoms with E-state index in [0.29, 0.717) is 18.5 Å². The van der Waals surface area contributed by atoms with Crippen LogP contribution in [0.25, 0.3) is 0 Å². The summed E-state index contributed by atoms with van der Waals surface area (Å²) in [6.07, 6.45) is 1.44. The second kappa shape index (κ2) is 7.48. The summed E-state index contributed by atoms with van der Waals surface area (Å²) >= 11 is 0. The third-order valence-electron chi connectivity index (χ3n) is 2.55. The van der Waals surface area contributed by atoms with Crippen molar-refractivity contribution in [1.82, 2.24) is 5.32 Å². The molecule has 1 aromatic rings. The largest absolute Gasteiger partial charge is 0.376 e. The Balaban J connectivity index is 2.44. The summed E-state index contributed by atoms with van der Waals surface area (Å²) in [4.78, 5) is 22.8. The van der Waals surface area contributed by atoms with Gasteiger partial charge in [-0.1, -0.05) is 13.8 Å². The van der Waals surface area contributed by atoms with E-state index in [4.69, 9.17) is 0 Å². The molecule has 18 heavy (non-hydrogen) atoms. The Morgan fingerprint density at radius 3 is 2.33 bits per heavy atom. The van der Waals surface area contributed by atoms with Gasteiger partial charge in [-0.3, -0.25) is 9.59 Å².